The number of nitrogens with zero attached hydrogens (tertiary/aromatic N) is 1. The van der Waals surface area contributed by atoms with Crippen molar-refractivity contribution in [2.75, 3.05) is 0 Å². The van der Waals surface area contributed by atoms with Crippen molar-refractivity contribution in [1.29, 1.82) is 0 Å². The first kappa shape index (κ1) is 6.26. The van der Waals surface area contributed by atoms with Crippen molar-refractivity contribution in [3.8, 4) is 0 Å². The highest BCUT2D eigenvalue weighted by molar-refractivity contribution is 5.84. The summed E-state index contributed by atoms with van der Waals surface area (Å²) in [5, 5.41) is 3.51. The fourth-order valence-corrected chi connectivity index (χ4v) is 0.764. The molecule has 1 aliphatic heterocycles. The molecule has 1 heterocycles. The van der Waals surface area contributed by atoms with Crippen LogP contribution in [0, 0.1) is 5.92 Å². The van der Waals surface area contributed by atoms with Crippen LogP contribution in [0.15, 0.2) is 5.10 Å². The molecule has 0 aliphatic carbocycles. The SMILES string of the molecule is CCC1C[C]=NNC1=O. The summed E-state index contributed by atoms with van der Waals surface area (Å²) < 4.78 is 0. The van der Waals surface area contributed by atoms with E-state index in [1.807, 2.05) is 6.92 Å². The summed E-state index contributed by atoms with van der Waals surface area (Å²) >= 11 is 0. The topological polar surface area (TPSA) is 41.5 Å². The largest absolute Gasteiger partial charge is 0.273 e. The molecule has 3 nitrogen and oxygen atoms in total. The molecule has 1 atom stereocenters. The normalized spacial score (nSPS) is 25.9. The third kappa shape index (κ3) is 1.28. The van der Waals surface area contributed by atoms with Gasteiger partial charge in [0.1, 0.15) is 0 Å². The van der Waals surface area contributed by atoms with Crippen molar-refractivity contribution in [2.24, 2.45) is 11.0 Å². The molecule has 0 aromatic heterocycles. The van der Waals surface area contributed by atoms with Gasteiger partial charge in [-0.2, -0.15) is 5.10 Å². The van der Waals surface area contributed by atoms with Crippen LogP contribution in [0.4, 0.5) is 0 Å². The van der Waals surface area contributed by atoms with Crippen molar-refractivity contribution < 1.29 is 4.79 Å². The van der Waals surface area contributed by atoms with Gasteiger partial charge in [0.2, 0.25) is 5.91 Å². The molecule has 0 fully saturated rings. The fraction of sp³-hybridized carbons (Fsp3) is 0.667. The van der Waals surface area contributed by atoms with Gasteiger partial charge in [0.25, 0.3) is 0 Å². The molecule has 1 rings (SSSR count). The van der Waals surface area contributed by atoms with Gasteiger partial charge in [0.05, 0.1) is 6.21 Å². The van der Waals surface area contributed by atoms with E-state index in [9.17, 15) is 4.79 Å². The molecular formula is C6H9N2O. The molecule has 1 amide bonds. The van der Waals surface area contributed by atoms with Crippen LogP contribution in [-0.4, -0.2) is 12.1 Å². The van der Waals surface area contributed by atoms with E-state index in [0.29, 0.717) is 6.42 Å². The summed E-state index contributed by atoms with van der Waals surface area (Å²) in [4.78, 5) is 10.8. The standard InChI is InChI=1S/C6H9N2O/c1-2-5-3-4-7-8-6(5)9/h5H,2-3H2,1H3,(H,8,9). The molecule has 3 heteroatoms. The van der Waals surface area contributed by atoms with Crippen LogP contribution < -0.4 is 5.43 Å². The van der Waals surface area contributed by atoms with Crippen molar-refractivity contribution in [3.05, 3.63) is 0 Å². The highest BCUT2D eigenvalue weighted by atomic mass is 16.2. The van der Waals surface area contributed by atoms with Crippen LogP contribution in [0.3, 0.4) is 0 Å². The maximum Gasteiger partial charge on any atom is 0.243 e. The lowest BCUT2D eigenvalue weighted by Gasteiger charge is -2.12. The number of carbonyl (C=O) groups is 1. The Balaban J connectivity index is 2.53. The van der Waals surface area contributed by atoms with E-state index in [4.69, 9.17) is 0 Å². The number of amides is 1. The summed E-state index contributed by atoms with van der Waals surface area (Å²) in [5.41, 5.74) is 2.36. The number of nitrogens with one attached hydrogen (secondary N) is 1. The van der Waals surface area contributed by atoms with E-state index in [2.05, 4.69) is 16.7 Å². The Morgan fingerprint density at radius 3 is 3.22 bits per heavy atom. The second-order valence-electron chi connectivity index (χ2n) is 2.06. The Hall–Kier alpha value is -0.860. The maximum absolute atomic E-state index is 10.8. The van der Waals surface area contributed by atoms with Gasteiger partial charge in [0, 0.05) is 12.3 Å². The van der Waals surface area contributed by atoms with Crippen molar-refractivity contribution in [2.45, 2.75) is 19.8 Å². The number of hydrogen-bond acceptors (Lipinski definition) is 2. The average Bonchev–Trinajstić information content (AvgIpc) is 1.89. The van der Waals surface area contributed by atoms with E-state index in [-0.39, 0.29) is 11.8 Å². The van der Waals surface area contributed by atoms with Gasteiger partial charge in [-0.3, -0.25) is 4.79 Å². The van der Waals surface area contributed by atoms with E-state index >= 15 is 0 Å². The Kier molecular flexibility index (Phi) is 1.82. The predicted molar refractivity (Wildman–Crippen MR) is 34.0 cm³/mol. The number of carbonyl (C=O) groups excluding carboxylic acids is 1. The van der Waals surface area contributed by atoms with E-state index < -0.39 is 0 Å². The van der Waals surface area contributed by atoms with E-state index in [0.717, 1.165) is 6.42 Å². The van der Waals surface area contributed by atoms with Crippen LogP contribution >= 0.6 is 0 Å². The average molecular weight is 125 g/mol. The van der Waals surface area contributed by atoms with Crippen LogP contribution in [0.2, 0.25) is 0 Å². The minimum Gasteiger partial charge on any atom is -0.273 e. The molecule has 9 heavy (non-hydrogen) atoms. The lowest BCUT2D eigenvalue weighted by molar-refractivity contribution is -0.125. The second-order valence-corrected chi connectivity index (χ2v) is 2.06. The van der Waals surface area contributed by atoms with Crippen molar-refractivity contribution in [3.63, 3.8) is 0 Å². The zero-order chi connectivity index (χ0) is 6.69. The van der Waals surface area contributed by atoms with E-state index in [1.165, 1.54) is 0 Å². The Labute approximate surface area is 54.1 Å². The van der Waals surface area contributed by atoms with Gasteiger partial charge in [-0.15, -0.1) is 0 Å². The molecular weight excluding hydrogens is 116 g/mol. The molecule has 1 radical (unpaired) electrons. The van der Waals surface area contributed by atoms with Crippen LogP contribution in [0.1, 0.15) is 19.8 Å². The van der Waals surface area contributed by atoms with Crippen LogP contribution in [-0.2, 0) is 4.79 Å². The highest BCUT2D eigenvalue weighted by Crippen LogP contribution is 2.08. The van der Waals surface area contributed by atoms with Crippen LogP contribution in [0.5, 0.6) is 0 Å². The van der Waals surface area contributed by atoms with Crippen molar-refractivity contribution in [1.82, 2.24) is 5.43 Å². The molecule has 49 valence electrons. The molecule has 0 bridgehead atoms. The number of rotatable bonds is 1. The monoisotopic (exact) mass is 125 g/mol. The van der Waals surface area contributed by atoms with Gasteiger partial charge in [-0.1, -0.05) is 6.92 Å². The minimum atomic E-state index is 0.0243. The zero-order valence-electron chi connectivity index (χ0n) is 5.35. The van der Waals surface area contributed by atoms with Crippen molar-refractivity contribution >= 4 is 12.1 Å². The molecule has 1 unspecified atom stereocenters. The predicted octanol–water partition coefficient (Wildman–Crippen LogP) is 0.395. The lowest BCUT2D eigenvalue weighted by Crippen LogP contribution is -2.30. The third-order valence-electron chi connectivity index (χ3n) is 1.45. The summed E-state index contributed by atoms with van der Waals surface area (Å²) in [6.07, 6.45) is 4.25. The van der Waals surface area contributed by atoms with Gasteiger partial charge < -0.3 is 0 Å². The first-order chi connectivity index (χ1) is 4.34. The number of hydrogen-bond donors (Lipinski definition) is 1. The summed E-state index contributed by atoms with van der Waals surface area (Å²) in [7, 11) is 0. The Bertz CT molecular complexity index is 142. The lowest BCUT2D eigenvalue weighted by atomic mass is 10.0. The minimum absolute atomic E-state index is 0.0243. The second kappa shape index (κ2) is 2.62. The molecule has 0 aromatic rings. The first-order valence-corrected chi connectivity index (χ1v) is 3.07. The summed E-state index contributed by atoms with van der Waals surface area (Å²) in [6, 6.07) is 0. The Morgan fingerprint density at radius 1 is 2.00 bits per heavy atom. The Morgan fingerprint density at radius 2 is 2.78 bits per heavy atom. The first-order valence-electron chi connectivity index (χ1n) is 3.07. The van der Waals surface area contributed by atoms with E-state index in [1.54, 1.807) is 0 Å². The smallest absolute Gasteiger partial charge is 0.243 e. The van der Waals surface area contributed by atoms with Gasteiger partial charge in [-0.05, 0) is 6.42 Å². The highest BCUT2D eigenvalue weighted by Gasteiger charge is 2.17. The molecule has 0 spiro atoms. The zero-order valence-corrected chi connectivity index (χ0v) is 5.35. The number of hydrazone groups is 1. The van der Waals surface area contributed by atoms with Gasteiger partial charge in [0.15, 0.2) is 0 Å². The molecule has 0 saturated carbocycles. The summed E-state index contributed by atoms with van der Waals surface area (Å²) in [5.74, 6) is 0.124. The molecule has 0 aromatic carbocycles. The van der Waals surface area contributed by atoms with Crippen LogP contribution in [0.25, 0.3) is 0 Å². The summed E-state index contributed by atoms with van der Waals surface area (Å²) in [6.45, 7) is 1.98. The quantitative estimate of drug-likeness (QED) is 0.541. The molecule has 1 aliphatic rings. The third-order valence-corrected chi connectivity index (χ3v) is 1.45. The van der Waals surface area contributed by atoms with Gasteiger partial charge >= 0.3 is 0 Å². The molecule has 1 N–H and O–H groups in total. The fourth-order valence-electron chi connectivity index (χ4n) is 0.764. The maximum atomic E-state index is 10.8. The molecule has 0 saturated heterocycles. The van der Waals surface area contributed by atoms with Gasteiger partial charge in [-0.25, -0.2) is 5.43 Å².